The molecule has 2 fully saturated rings. The molecule has 8 nitrogen and oxygen atoms in total. The molecule has 0 bridgehead atoms. The Kier molecular flexibility index (Phi) is 5.10. The Bertz CT molecular complexity index is 644. The van der Waals surface area contributed by atoms with Gasteiger partial charge in [0.1, 0.15) is 17.9 Å². The van der Waals surface area contributed by atoms with E-state index in [1.807, 2.05) is 20.8 Å². The summed E-state index contributed by atoms with van der Waals surface area (Å²) < 4.78 is 13.3. The largest absolute Gasteiger partial charge is 0.368 e. The molecule has 8 heteroatoms. The van der Waals surface area contributed by atoms with E-state index in [1.54, 1.807) is 26.7 Å². The van der Waals surface area contributed by atoms with E-state index in [2.05, 4.69) is 5.10 Å². The van der Waals surface area contributed by atoms with Crippen molar-refractivity contribution in [3.63, 3.8) is 0 Å². The molecule has 0 aromatic carbocycles. The molecule has 0 saturated carbocycles. The summed E-state index contributed by atoms with van der Waals surface area (Å²) in [5.41, 5.74) is -0.247. The van der Waals surface area contributed by atoms with Crippen molar-refractivity contribution in [3.8, 4) is 0 Å². The number of rotatable bonds is 3. The standard InChI is InChI=1S/C17H26N4O4/c1-4-20-6-5-14(18-20)16(23)19-7-8-25-17(10-19)11-21(13(2)3)15(22)9-24-12-17/h5-6,13H,4,7-12H2,1-3H3. The summed E-state index contributed by atoms with van der Waals surface area (Å²) in [5, 5.41) is 4.30. The predicted molar refractivity (Wildman–Crippen MR) is 90.2 cm³/mol. The molecular weight excluding hydrogens is 324 g/mol. The fourth-order valence-electron chi connectivity index (χ4n) is 3.34. The van der Waals surface area contributed by atoms with Crippen LogP contribution in [0.1, 0.15) is 31.3 Å². The van der Waals surface area contributed by atoms with Crippen molar-refractivity contribution in [1.29, 1.82) is 0 Å². The molecule has 25 heavy (non-hydrogen) atoms. The molecular formula is C17H26N4O4. The number of morpholine rings is 1. The second-order valence-corrected chi connectivity index (χ2v) is 6.92. The van der Waals surface area contributed by atoms with Gasteiger partial charge >= 0.3 is 0 Å². The molecule has 1 atom stereocenters. The lowest BCUT2D eigenvalue weighted by Gasteiger charge is -2.43. The summed E-state index contributed by atoms with van der Waals surface area (Å²) in [5.74, 6) is -0.151. The number of carbonyl (C=O) groups excluding carboxylic acids is 2. The summed E-state index contributed by atoms with van der Waals surface area (Å²) in [7, 11) is 0. The first-order valence-corrected chi connectivity index (χ1v) is 8.78. The summed E-state index contributed by atoms with van der Waals surface area (Å²) in [6.45, 7) is 8.75. The van der Waals surface area contributed by atoms with Gasteiger partial charge in [-0.25, -0.2) is 0 Å². The van der Waals surface area contributed by atoms with E-state index in [0.29, 0.717) is 38.5 Å². The lowest BCUT2D eigenvalue weighted by Crippen LogP contribution is -2.60. The average molecular weight is 350 g/mol. The number of carbonyl (C=O) groups is 2. The summed E-state index contributed by atoms with van der Waals surface area (Å²) >= 11 is 0. The van der Waals surface area contributed by atoms with Gasteiger partial charge in [0.25, 0.3) is 5.91 Å². The monoisotopic (exact) mass is 350 g/mol. The molecule has 0 aliphatic carbocycles. The van der Waals surface area contributed by atoms with Crippen molar-refractivity contribution < 1.29 is 19.1 Å². The highest BCUT2D eigenvalue weighted by molar-refractivity contribution is 5.92. The first kappa shape index (κ1) is 17.9. The quantitative estimate of drug-likeness (QED) is 0.788. The highest BCUT2D eigenvalue weighted by Crippen LogP contribution is 2.25. The fourth-order valence-corrected chi connectivity index (χ4v) is 3.34. The summed E-state index contributed by atoms with van der Waals surface area (Å²) in [4.78, 5) is 28.5. The Balaban J connectivity index is 1.77. The van der Waals surface area contributed by atoms with Gasteiger partial charge in [0.05, 0.1) is 26.3 Å². The van der Waals surface area contributed by atoms with E-state index in [-0.39, 0.29) is 24.5 Å². The van der Waals surface area contributed by atoms with Gasteiger partial charge in [0.15, 0.2) is 0 Å². The Hall–Kier alpha value is -1.93. The SMILES string of the molecule is CCn1ccc(C(=O)N2CCOC3(COCC(=O)N(C(C)C)C3)C2)n1. The molecule has 2 saturated heterocycles. The maximum Gasteiger partial charge on any atom is 0.274 e. The van der Waals surface area contributed by atoms with Crippen LogP contribution in [0.2, 0.25) is 0 Å². The first-order chi connectivity index (χ1) is 11.9. The van der Waals surface area contributed by atoms with E-state index in [4.69, 9.17) is 9.47 Å². The van der Waals surface area contributed by atoms with Crippen LogP contribution < -0.4 is 0 Å². The van der Waals surface area contributed by atoms with E-state index in [9.17, 15) is 9.59 Å². The topological polar surface area (TPSA) is 76.9 Å². The second kappa shape index (κ2) is 7.13. The van der Waals surface area contributed by atoms with Gasteiger partial charge in [-0.15, -0.1) is 0 Å². The summed E-state index contributed by atoms with van der Waals surface area (Å²) in [6.07, 6.45) is 1.80. The molecule has 2 aliphatic rings. The number of ether oxygens (including phenoxy) is 2. The zero-order chi connectivity index (χ0) is 18.0. The van der Waals surface area contributed by atoms with Gasteiger partial charge in [-0.2, -0.15) is 5.10 Å². The molecule has 0 radical (unpaired) electrons. The van der Waals surface area contributed by atoms with Gasteiger partial charge in [-0.1, -0.05) is 0 Å². The third kappa shape index (κ3) is 3.69. The maximum absolute atomic E-state index is 12.8. The van der Waals surface area contributed by atoms with Gasteiger partial charge in [0.2, 0.25) is 5.91 Å². The van der Waals surface area contributed by atoms with Crippen LogP contribution in [0.25, 0.3) is 0 Å². The van der Waals surface area contributed by atoms with Crippen LogP contribution in [0, 0.1) is 0 Å². The van der Waals surface area contributed by atoms with Crippen LogP contribution in [0.15, 0.2) is 12.3 Å². The molecule has 1 aromatic rings. The molecule has 0 N–H and O–H groups in total. The van der Waals surface area contributed by atoms with Crippen molar-refractivity contribution in [3.05, 3.63) is 18.0 Å². The minimum Gasteiger partial charge on any atom is -0.368 e. The minimum absolute atomic E-state index is 0.0411. The van der Waals surface area contributed by atoms with Crippen LogP contribution in [-0.4, -0.2) is 82.5 Å². The Morgan fingerprint density at radius 1 is 1.40 bits per heavy atom. The molecule has 138 valence electrons. The normalized spacial score (nSPS) is 24.9. The van der Waals surface area contributed by atoms with E-state index < -0.39 is 5.60 Å². The van der Waals surface area contributed by atoms with Crippen LogP contribution in [-0.2, 0) is 20.8 Å². The molecule has 2 amide bonds. The highest BCUT2D eigenvalue weighted by Gasteiger charge is 2.44. The van der Waals surface area contributed by atoms with Gasteiger partial charge in [-0.3, -0.25) is 14.3 Å². The van der Waals surface area contributed by atoms with Crippen molar-refractivity contribution in [2.45, 2.75) is 39.0 Å². The average Bonchev–Trinajstić information content (AvgIpc) is 3.02. The number of aromatic nitrogens is 2. The van der Waals surface area contributed by atoms with Crippen molar-refractivity contribution in [2.75, 3.05) is 39.5 Å². The number of aryl methyl sites for hydroxylation is 1. The molecule has 3 rings (SSSR count). The van der Waals surface area contributed by atoms with Crippen molar-refractivity contribution >= 4 is 11.8 Å². The van der Waals surface area contributed by atoms with Crippen molar-refractivity contribution in [2.24, 2.45) is 0 Å². The Morgan fingerprint density at radius 2 is 2.20 bits per heavy atom. The number of hydrogen-bond acceptors (Lipinski definition) is 5. The van der Waals surface area contributed by atoms with Gasteiger partial charge in [0, 0.05) is 25.3 Å². The van der Waals surface area contributed by atoms with E-state index in [1.165, 1.54) is 0 Å². The van der Waals surface area contributed by atoms with Gasteiger partial charge in [-0.05, 0) is 26.8 Å². The Morgan fingerprint density at radius 3 is 2.88 bits per heavy atom. The van der Waals surface area contributed by atoms with Gasteiger partial charge < -0.3 is 19.3 Å². The molecule has 1 aromatic heterocycles. The minimum atomic E-state index is -0.683. The fraction of sp³-hybridized carbons (Fsp3) is 0.706. The van der Waals surface area contributed by atoms with Crippen molar-refractivity contribution in [1.82, 2.24) is 19.6 Å². The number of nitrogens with zero attached hydrogens (tertiary/aromatic N) is 4. The van der Waals surface area contributed by atoms with Crippen LogP contribution in [0.5, 0.6) is 0 Å². The molecule has 1 spiro atoms. The lowest BCUT2D eigenvalue weighted by atomic mass is 10.0. The first-order valence-electron chi connectivity index (χ1n) is 8.78. The smallest absolute Gasteiger partial charge is 0.274 e. The number of amides is 2. The zero-order valence-electron chi connectivity index (χ0n) is 15.1. The zero-order valence-corrected chi connectivity index (χ0v) is 15.1. The van der Waals surface area contributed by atoms with Crippen LogP contribution in [0.3, 0.4) is 0 Å². The predicted octanol–water partition coefficient (Wildman–Crippen LogP) is 0.381. The van der Waals surface area contributed by atoms with E-state index >= 15 is 0 Å². The van der Waals surface area contributed by atoms with Crippen LogP contribution >= 0.6 is 0 Å². The van der Waals surface area contributed by atoms with E-state index in [0.717, 1.165) is 6.54 Å². The van der Waals surface area contributed by atoms with Crippen LogP contribution in [0.4, 0.5) is 0 Å². The molecule has 3 heterocycles. The third-order valence-corrected chi connectivity index (χ3v) is 4.71. The lowest BCUT2D eigenvalue weighted by molar-refractivity contribution is -0.140. The number of hydrogen-bond donors (Lipinski definition) is 0. The molecule has 2 aliphatic heterocycles. The highest BCUT2D eigenvalue weighted by atomic mass is 16.5. The second-order valence-electron chi connectivity index (χ2n) is 6.92. The molecule has 1 unspecified atom stereocenters. The maximum atomic E-state index is 12.8. The summed E-state index contributed by atoms with van der Waals surface area (Å²) in [6, 6.07) is 1.79. The third-order valence-electron chi connectivity index (χ3n) is 4.71. The Labute approximate surface area is 147 Å².